The zero-order valence-corrected chi connectivity index (χ0v) is 12.0. The molecule has 2 aromatic rings. The van der Waals surface area contributed by atoms with Crippen molar-refractivity contribution in [3.63, 3.8) is 0 Å². The van der Waals surface area contributed by atoms with Crippen LogP contribution >= 0.6 is 11.6 Å². The Morgan fingerprint density at radius 1 is 1.37 bits per heavy atom. The summed E-state index contributed by atoms with van der Waals surface area (Å²) in [4.78, 5) is 4.08. The van der Waals surface area contributed by atoms with Crippen LogP contribution in [0, 0.1) is 5.82 Å². The van der Waals surface area contributed by atoms with Crippen LogP contribution in [0.5, 0.6) is 0 Å². The average Bonchev–Trinajstić information content (AvgIpc) is 2.77. The van der Waals surface area contributed by atoms with E-state index in [0.29, 0.717) is 12.2 Å². The third-order valence-electron chi connectivity index (χ3n) is 2.71. The van der Waals surface area contributed by atoms with E-state index in [4.69, 9.17) is 11.6 Å². The lowest BCUT2D eigenvalue weighted by molar-refractivity contribution is 0.419. The molecule has 0 aliphatic rings. The summed E-state index contributed by atoms with van der Waals surface area (Å²) in [5, 5.41) is 3.46. The molecule has 19 heavy (non-hydrogen) atoms. The molecule has 0 spiro atoms. The molecule has 0 atom stereocenters. The van der Waals surface area contributed by atoms with Gasteiger partial charge in [-0.05, 0) is 32.9 Å². The SMILES string of the molecule is CC(C)(C)NCc1cncn1-c1cccc(Cl)c1F. The highest BCUT2D eigenvalue weighted by atomic mass is 35.5. The van der Waals surface area contributed by atoms with E-state index in [-0.39, 0.29) is 10.6 Å². The lowest BCUT2D eigenvalue weighted by Gasteiger charge is -2.21. The van der Waals surface area contributed by atoms with Gasteiger partial charge in [0.25, 0.3) is 0 Å². The summed E-state index contributed by atoms with van der Waals surface area (Å²) in [6.07, 6.45) is 3.31. The van der Waals surface area contributed by atoms with Crippen LogP contribution in [0.15, 0.2) is 30.7 Å². The zero-order valence-electron chi connectivity index (χ0n) is 11.2. The number of hydrogen-bond acceptors (Lipinski definition) is 2. The van der Waals surface area contributed by atoms with Gasteiger partial charge in [0.2, 0.25) is 0 Å². The predicted octanol–water partition coefficient (Wildman–Crippen LogP) is 3.55. The maximum absolute atomic E-state index is 14.0. The molecule has 0 unspecified atom stereocenters. The largest absolute Gasteiger partial charge is 0.306 e. The van der Waals surface area contributed by atoms with Gasteiger partial charge in [-0.2, -0.15) is 0 Å². The standard InChI is InChI=1S/C14H17ClFN3/c1-14(2,3)18-8-10-7-17-9-19(10)12-6-4-5-11(15)13(12)16/h4-7,9,18H,8H2,1-3H3. The average molecular weight is 282 g/mol. The minimum absolute atomic E-state index is 0.0119. The molecule has 1 N–H and O–H groups in total. The summed E-state index contributed by atoms with van der Waals surface area (Å²) in [6.45, 7) is 6.84. The molecule has 102 valence electrons. The number of hydrogen-bond donors (Lipinski definition) is 1. The van der Waals surface area contributed by atoms with Gasteiger partial charge in [-0.25, -0.2) is 9.37 Å². The number of halogens is 2. The number of aromatic nitrogens is 2. The van der Waals surface area contributed by atoms with Gasteiger partial charge >= 0.3 is 0 Å². The highest BCUT2D eigenvalue weighted by Crippen LogP contribution is 2.22. The van der Waals surface area contributed by atoms with Gasteiger partial charge in [0, 0.05) is 18.3 Å². The van der Waals surface area contributed by atoms with Crippen LogP contribution in [0.4, 0.5) is 4.39 Å². The van der Waals surface area contributed by atoms with Gasteiger partial charge < -0.3 is 5.32 Å². The van der Waals surface area contributed by atoms with Crippen LogP contribution in [0.25, 0.3) is 5.69 Å². The Hall–Kier alpha value is -1.39. The Kier molecular flexibility index (Phi) is 3.92. The van der Waals surface area contributed by atoms with Crippen molar-refractivity contribution >= 4 is 11.6 Å². The molecule has 0 radical (unpaired) electrons. The molecule has 0 fully saturated rings. The number of rotatable bonds is 3. The summed E-state index contributed by atoms with van der Waals surface area (Å²) in [6, 6.07) is 4.94. The predicted molar refractivity (Wildman–Crippen MR) is 75.1 cm³/mol. The molecule has 0 bridgehead atoms. The lowest BCUT2D eigenvalue weighted by atomic mass is 10.1. The Morgan fingerprint density at radius 2 is 2.11 bits per heavy atom. The third-order valence-corrected chi connectivity index (χ3v) is 3.00. The molecule has 1 aromatic carbocycles. The molecule has 1 aromatic heterocycles. The minimum atomic E-state index is -0.431. The minimum Gasteiger partial charge on any atom is -0.306 e. The van der Waals surface area contributed by atoms with Crippen LogP contribution in [0.1, 0.15) is 26.5 Å². The van der Waals surface area contributed by atoms with E-state index in [1.54, 1.807) is 29.2 Å². The summed E-state index contributed by atoms with van der Waals surface area (Å²) < 4.78 is 15.7. The monoisotopic (exact) mass is 281 g/mol. The van der Waals surface area contributed by atoms with Crippen molar-refractivity contribution < 1.29 is 4.39 Å². The van der Waals surface area contributed by atoms with Crippen molar-refractivity contribution in [3.05, 3.63) is 47.3 Å². The van der Waals surface area contributed by atoms with Gasteiger partial charge in [-0.15, -0.1) is 0 Å². The number of imidazole rings is 1. The summed E-state index contributed by atoms with van der Waals surface area (Å²) in [5.74, 6) is -0.431. The quantitative estimate of drug-likeness (QED) is 0.932. The van der Waals surface area contributed by atoms with Crippen molar-refractivity contribution in [1.29, 1.82) is 0 Å². The van der Waals surface area contributed by atoms with E-state index >= 15 is 0 Å². The molecule has 0 amide bonds. The second-order valence-corrected chi connectivity index (χ2v) is 5.84. The lowest BCUT2D eigenvalue weighted by Crippen LogP contribution is -2.35. The number of nitrogens with one attached hydrogen (secondary N) is 1. The molecular formula is C14H17ClFN3. The van der Waals surface area contributed by atoms with Gasteiger partial charge in [0.05, 0.1) is 22.7 Å². The van der Waals surface area contributed by atoms with Gasteiger partial charge in [-0.1, -0.05) is 17.7 Å². The molecule has 0 aliphatic carbocycles. The zero-order chi connectivity index (χ0) is 14.0. The van der Waals surface area contributed by atoms with E-state index in [1.165, 1.54) is 6.07 Å². The third kappa shape index (κ3) is 3.33. The maximum atomic E-state index is 14.0. The van der Waals surface area contributed by atoms with Crippen molar-refractivity contribution in [2.24, 2.45) is 0 Å². The van der Waals surface area contributed by atoms with Crippen molar-refractivity contribution in [3.8, 4) is 5.69 Å². The van der Waals surface area contributed by atoms with Gasteiger partial charge in [0.15, 0.2) is 5.82 Å². The second-order valence-electron chi connectivity index (χ2n) is 5.43. The molecule has 3 nitrogen and oxygen atoms in total. The van der Waals surface area contributed by atoms with Crippen LogP contribution < -0.4 is 5.32 Å². The molecule has 0 saturated carbocycles. The fourth-order valence-corrected chi connectivity index (χ4v) is 1.87. The Balaban J connectivity index is 2.31. The van der Waals surface area contributed by atoms with Gasteiger partial charge in [0.1, 0.15) is 0 Å². The van der Waals surface area contributed by atoms with Gasteiger partial charge in [-0.3, -0.25) is 4.57 Å². The van der Waals surface area contributed by atoms with Crippen LogP contribution in [-0.2, 0) is 6.54 Å². The summed E-state index contributed by atoms with van der Waals surface area (Å²) in [5.41, 5.74) is 1.29. The highest BCUT2D eigenvalue weighted by Gasteiger charge is 2.14. The fraction of sp³-hybridized carbons (Fsp3) is 0.357. The first-order valence-corrected chi connectivity index (χ1v) is 6.47. The topological polar surface area (TPSA) is 29.9 Å². The van der Waals surface area contributed by atoms with E-state index in [0.717, 1.165) is 5.69 Å². The molecule has 2 rings (SSSR count). The first-order valence-electron chi connectivity index (χ1n) is 6.09. The first-order chi connectivity index (χ1) is 8.88. The Bertz CT molecular complexity index is 572. The molecule has 5 heteroatoms. The highest BCUT2D eigenvalue weighted by molar-refractivity contribution is 6.30. The summed E-state index contributed by atoms with van der Waals surface area (Å²) >= 11 is 5.81. The molecule has 1 heterocycles. The Morgan fingerprint density at radius 3 is 2.79 bits per heavy atom. The van der Waals surface area contributed by atoms with E-state index in [9.17, 15) is 4.39 Å². The van der Waals surface area contributed by atoms with Crippen molar-refractivity contribution in [2.75, 3.05) is 0 Å². The first kappa shape index (κ1) is 14.0. The molecule has 0 aliphatic heterocycles. The van der Waals surface area contributed by atoms with Crippen LogP contribution in [0.2, 0.25) is 5.02 Å². The normalized spacial score (nSPS) is 11.8. The number of nitrogens with zero attached hydrogens (tertiary/aromatic N) is 2. The van der Waals surface area contributed by atoms with Crippen LogP contribution in [-0.4, -0.2) is 15.1 Å². The fourth-order valence-electron chi connectivity index (χ4n) is 1.70. The Labute approximate surface area is 117 Å². The van der Waals surface area contributed by atoms with E-state index in [2.05, 4.69) is 31.1 Å². The molecular weight excluding hydrogens is 265 g/mol. The van der Waals surface area contributed by atoms with E-state index in [1.807, 2.05) is 0 Å². The smallest absolute Gasteiger partial charge is 0.165 e. The summed E-state index contributed by atoms with van der Waals surface area (Å²) in [7, 11) is 0. The maximum Gasteiger partial charge on any atom is 0.165 e. The molecule has 0 saturated heterocycles. The number of benzene rings is 1. The van der Waals surface area contributed by atoms with Crippen molar-refractivity contribution in [2.45, 2.75) is 32.9 Å². The second kappa shape index (κ2) is 5.31. The van der Waals surface area contributed by atoms with Crippen LogP contribution in [0.3, 0.4) is 0 Å². The van der Waals surface area contributed by atoms with Crippen molar-refractivity contribution in [1.82, 2.24) is 14.9 Å². The van der Waals surface area contributed by atoms with E-state index < -0.39 is 5.82 Å².